The molecule has 1 aromatic heterocycles. The second-order valence-corrected chi connectivity index (χ2v) is 5.09. The summed E-state index contributed by atoms with van der Waals surface area (Å²) in [5.74, 6) is -1.62. The molecule has 6 nitrogen and oxygen atoms in total. The third-order valence-electron chi connectivity index (χ3n) is 3.68. The van der Waals surface area contributed by atoms with Crippen molar-refractivity contribution >= 4 is 11.8 Å². The summed E-state index contributed by atoms with van der Waals surface area (Å²) in [6, 6.07) is 0. The zero-order chi connectivity index (χ0) is 17.2. The van der Waals surface area contributed by atoms with E-state index >= 15 is 0 Å². The van der Waals surface area contributed by atoms with Crippen LogP contribution in [-0.4, -0.2) is 50.8 Å². The molecule has 2 amide bonds. The maximum Gasteiger partial charge on any atom is 0.449 e. The van der Waals surface area contributed by atoms with Crippen LogP contribution in [0.5, 0.6) is 0 Å². The zero-order valence-electron chi connectivity index (χ0n) is 12.6. The van der Waals surface area contributed by atoms with Gasteiger partial charge in [0.2, 0.25) is 17.6 Å². The van der Waals surface area contributed by atoms with Gasteiger partial charge in [-0.25, -0.2) is 4.98 Å². The molecule has 0 fully saturated rings. The Balaban J connectivity index is 2.08. The lowest BCUT2D eigenvalue weighted by atomic mass is 10.3. The summed E-state index contributed by atoms with van der Waals surface area (Å²) in [7, 11) is 0. The maximum atomic E-state index is 12.8. The molecule has 0 radical (unpaired) electrons. The summed E-state index contributed by atoms with van der Waals surface area (Å²) in [5, 5.41) is 0. The number of imidazole rings is 1. The van der Waals surface area contributed by atoms with Crippen LogP contribution in [0, 0.1) is 0 Å². The molecule has 2 rings (SSSR count). The standard InChI is InChI=1S/C14H17F3N4O2/c1-3-11(22)19(4-2)9-12(23)20-5-6-21-10(8-20)7-18-13(21)14(15,16)17/h3,7H,1,4-6,8-9H2,2H3. The van der Waals surface area contributed by atoms with Crippen LogP contribution in [0.4, 0.5) is 13.2 Å². The van der Waals surface area contributed by atoms with Crippen LogP contribution in [0.1, 0.15) is 18.4 Å². The first-order valence-corrected chi connectivity index (χ1v) is 7.08. The first-order valence-electron chi connectivity index (χ1n) is 7.08. The van der Waals surface area contributed by atoms with Gasteiger partial charge in [-0.05, 0) is 13.0 Å². The number of hydrogen-bond donors (Lipinski definition) is 0. The lowest BCUT2D eigenvalue weighted by molar-refractivity contribution is -0.148. The Morgan fingerprint density at radius 2 is 2.13 bits per heavy atom. The van der Waals surface area contributed by atoms with Gasteiger partial charge in [0.25, 0.3) is 0 Å². The van der Waals surface area contributed by atoms with Gasteiger partial charge in [0.1, 0.15) is 6.54 Å². The van der Waals surface area contributed by atoms with E-state index in [0.717, 1.165) is 16.8 Å². The van der Waals surface area contributed by atoms with E-state index in [1.165, 1.54) is 9.80 Å². The van der Waals surface area contributed by atoms with E-state index in [2.05, 4.69) is 11.6 Å². The molecule has 0 atom stereocenters. The molecule has 0 spiro atoms. The SMILES string of the molecule is C=CC(=O)N(CC)CC(=O)N1CCn2c(cnc2C(F)(F)F)C1. The van der Waals surface area contributed by atoms with E-state index in [0.29, 0.717) is 12.2 Å². The topological polar surface area (TPSA) is 58.4 Å². The number of likely N-dealkylation sites (N-methyl/N-ethyl adjacent to an activating group) is 1. The van der Waals surface area contributed by atoms with Crippen molar-refractivity contribution in [3.8, 4) is 0 Å². The van der Waals surface area contributed by atoms with E-state index in [-0.39, 0.29) is 38.0 Å². The van der Waals surface area contributed by atoms with Crippen LogP contribution >= 0.6 is 0 Å². The number of hydrogen-bond acceptors (Lipinski definition) is 3. The average Bonchev–Trinajstić information content (AvgIpc) is 2.94. The third-order valence-corrected chi connectivity index (χ3v) is 3.68. The van der Waals surface area contributed by atoms with Gasteiger partial charge in [-0.2, -0.15) is 13.2 Å². The molecule has 1 aliphatic heterocycles. The predicted molar refractivity (Wildman–Crippen MR) is 75.1 cm³/mol. The number of rotatable bonds is 4. The molecule has 126 valence electrons. The van der Waals surface area contributed by atoms with Gasteiger partial charge in [0.05, 0.1) is 18.4 Å². The van der Waals surface area contributed by atoms with Crippen molar-refractivity contribution < 1.29 is 22.8 Å². The van der Waals surface area contributed by atoms with Crippen LogP contribution < -0.4 is 0 Å². The monoisotopic (exact) mass is 330 g/mol. The smallest absolute Gasteiger partial charge is 0.333 e. The fourth-order valence-corrected chi connectivity index (χ4v) is 2.46. The second kappa shape index (κ2) is 6.43. The summed E-state index contributed by atoms with van der Waals surface area (Å²) in [4.78, 5) is 30.0. The Kier molecular flexibility index (Phi) is 4.76. The number of nitrogens with zero attached hydrogens (tertiary/aromatic N) is 4. The van der Waals surface area contributed by atoms with Crippen LogP contribution in [-0.2, 0) is 28.9 Å². The van der Waals surface area contributed by atoms with Gasteiger partial charge in [-0.15, -0.1) is 0 Å². The molecule has 1 aliphatic rings. The first kappa shape index (κ1) is 17.0. The van der Waals surface area contributed by atoms with E-state index in [9.17, 15) is 22.8 Å². The van der Waals surface area contributed by atoms with Crippen LogP contribution in [0.15, 0.2) is 18.9 Å². The molecule has 1 aromatic rings. The van der Waals surface area contributed by atoms with E-state index < -0.39 is 12.0 Å². The molecule has 0 aromatic carbocycles. The Labute approximate surface area is 131 Å². The average molecular weight is 330 g/mol. The number of fused-ring (bicyclic) bond motifs is 1. The highest BCUT2D eigenvalue weighted by Crippen LogP contribution is 2.30. The van der Waals surface area contributed by atoms with Gasteiger partial charge in [0.15, 0.2) is 0 Å². The van der Waals surface area contributed by atoms with Crippen molar-refractivity contribution in [1.82, 2.24) is 19.4 Å². The number of amides is 2. The number of carbonyl (C=O) groups is 2. The molecule has 9 heteroatoms. The quantitative estimate of drug-likeness (QED) is 0.782. The lowest BCUT2D eigenvalue weighted by Crippen LogP contribution is -2.45. The molecular formula is C14H17F3N4O2. The highest BCUT2D eigenvalue weighted by Gasteiger charge is 2.38. The van der Waals surface area contributed by atoms with Crippen LogP contribution in [0.3, 0.4) is 0 Å². The van der Waals surface area contributed by atoms with Crippen molar-refractivity contribution in [2.75, 3.05) is 19.6 Å². The number of carbonyl (C=O) groups excluding carboxylic acids is 2. The van der Waals surface area contributed by atoms with Crippen LogP contribution in [0.25, 0.3) is 0 Å². The summed E-state index contributed by atoms with van der Waals surface area (Å²) in [6.07, 6.45) is -2.26. The fourth-order valence-electron chi connectivity index (χ4n) is 2.46. The first-order chi connectivity index (χ1) is 10.8. The Bertz CT molecular complexity index is 624. The highest BCUT2D eigenvalue weighted by molar-refractivity contribution is 5.90. The molecule has 0 aliphatic carbocycles. The Morgan fingerprint density at radius 1 is 1.43 bits per heavy atom. The molecule has 0 saturated carbocycles. The van der Waals surface area contributed by atoms with Crippen molar-refractivity contribution in [3.63, 3.8) is 0 Å². The maximum absolute atomic E-state index is 12.8. The largest absolute Gasteiger partial charge is 0.449 e. The summed E-state index contributed by atoms with van der Waals surface area (Å²) >= 11 is 0. The van der Waals surface area contributed by atoms with E-state index in [4.69, 9.17) is 0 Å². The minimum absolute atomic E-state index is 0.0252. The van der Waals surface area contributed by atoms with Gasteiger partial charge in [-0.1, -0.05) is 6.58 Å². The molecule has 2 heterocycles. The zero-order valence-corrected chi connectivity index (χ0v) is 12.6. The third kappa shape index (κ3) is 3.54. The summed E-state index contributed by atoms with van der Waals surface area (Å²) in [5.41, 5.74) is 0.329. The van der Waals surface area contributed by atoms with Crippen molar-refractivity contribution in [2.24, 2.45) is 0 Å². The minimum atomic E-state index is -4.51. The predicted octanol–water partition coefficient (Wildman–Crippen LogP) is 1.28. The lowest BCUT2D eigenvalue weighted by Gasteiger charge is -2.31. The van der Waals surface area contributed by atoms with Gasteiger partial charge in [0, 0.05) is 19.6 Å². The summed E-state index contributed by atoms with van der Waals surface area (Å²) in [6.45, 7) is 5.54. The number of alkyl halides is 3. The number of aromatic nitrogens is 2. The molecule has 0 saturated heterocycles. The van der Waals surface area contributed by atoms with Crippen molar-refractivity contribution in [1.29, 1.82) is 0 Å². The number of halogens is 3. The highest BCUT2D eigenvalue weighted by atomic mass is 19.4. The van der Waals surface area contributed by atoms with Gasteiger partial charge < -0.3 is 14.4 Å². The summed E-state index contributed by atoms with van der Waals surface area (Å²) < 4.78 is 39.5. The molecule has 0 bridgehead atoms. The van der Waals surface area contributed by atoms with Crippen LogP contribution in [0.2, 0.25) is 0 Å². The molecule has 0 unspecified atom stereocenters. The van der Waals surface area contributed by atoms with E-state index in [1.54, 1.807) is 6.92 Å². The van der Waals surface area contributed by atoms with Gasteiger partial charge in [-0.3, -0.25) is 9.59 Å². The minimum Gasteiger partial charge on any atom is -0.333 e. The molecule has 0 N–H and O–H groups in total. The van der Waals surface area contributed by atoms with E-state index in [1.807, 2.05) is 0 Å². The normalized spacial score (nSPS) is 14.3. The van der Waals surface area contributed by atoms with Gasteiger partial charge >= 0.3 is 6.18 Å². The molecular weight excluding hydrogens is 313 g/mol. The fraction of sp³-hybridized carbons (Fsp3) is 0.500. The Hall–Kier alpha value is -2.32. The molecule has 23 heavy (non-hydrogen) atoms. The Morgan fingerprint density at radius 3 is 2.70 bits per heavy atom. The van der Waals surface area contributed by atoms with Crippen molar-refractivity contribution in [2.45, 2.75) is 26.2 Å². The van der Waals surface area contributed by atoms with Crippen molar-refractivity contribution in [3.05, 3.63) is 30.4 Å². The second-order valence-electron chi connectivity index (χ2n) is 5.09.